The normalized spacial score (nSPS) is 14.0. The van der Waals surface area contributed by atoms with Crippen LogP contribution in [-0.2, 0) is 13.1 Å². The fourth-order valence-electron chi connectivity index (χ4n) is 2.47. The Morgan fingerprint density at radius 3 is 2.85 bits per heavy atom. The van der Waals surface area contributed by atoms with Gasteiger partial charge in [-0.2, -0.15) is 0 Å². The van der Waals surface area contributed by atoms with Gasteiger partial charge in [0.1, 0.15) is 11.6 Å². The monoisotopic (exact) mass is 272 g/mol. The summed E-state index contributed by atoms with van der Waals surface area (Å²) in [6.45, 7) is 3.80. The molecule has 0 bridgehead atoms. The number of para-hydroxylation sites is 1. The van der Waals surface area contributed by atoms with Crippen molar-refractivity contribution in [2.24, 2.45) is 0 Å². The van der Waals surface area contributed by atoms with Gasteiger partial charge in [-0.3, -0.25) is 4.79 Å². The Hall–Kier alpha value is -2.37. The molecule has 0 radical (unpaired) electrons. The molecule has 0 saturated carbocycles. The topological polar surface area (TPSA) is 60.2 Å². The van der Waals surface area contributed by atoms with E-state index in [1.165, 1.54) is 0 Å². The maximum absolute atomic E-state index is 12.6. The van der Waals surface area contributed by atoms with Gasteiger partial charge in [0.25, 0.3) is 5.91 Å². The fourth-order valence-corrected chi connectivity index (χ4v) is 2.47. The summed E-state index contributed by atoms with van der Waals surface area (Å²) in [6, 6.07) is 7.27. The molecule has 1 amide bonds. The van der Waals surface area contributed by atoms with Crippen molar-refractivity contribution in [3.8, 4) is 5.75 Å². The van der Waals surface area contributed by atoms with Crippen molar-refractivity contribution in [2.45, 2.75) is 20.0 Å². The number of aryl methyl sites for hydroxylation is 1. The summed E-state index contributed by atoms with van der Waals surface area (Å²) >= 11 is 0. The lowest BCUT2D eigenvalue weighted by Crippen LogP contribution is -2.38. The molecule has 1 aliphatic rings. The predicted octanol–water partition coefficient (Wildman–Crippen LogP) is 1.25. The molecule has 3 rings (SSSR count). The van der Waals surface area contributed by atoms with Crippen molar-refractivity contribution in [1.82, 2.24) is 19.7 Å². The lowest BCUT2D eigenvalue weighted by Gasteiger charge is -2.28. The van der Waals surface area contributed by atoms with E-state index in [9.17, 15) is 4.79 Å². The Morgan fingerprint density at radius 2 is 2.05 bits per heavy atom. The Bertz CT molecular complexity index is 650. The molecule has 2 aromatic rings. The minimum atomic E-state index is -0.0330. The van der Waals surface area contributed by atoms with Gasteiger partial charge >= 0.3 is 0 Å². The van der Waals surface area contributed by atoms with Gasteiger partial charge in [0.2, 0.25) is 0 Å². The van der Waals surface area contributed by atoms with Crippen molar-refractivity contribution in [1.29, 1.82) is 0 Å². The maximum atomic E-state index is 12.6. The number of carbonyl (C=O) groups excluding carboxylic acids is 1. The van der Waals surface area contributed by atoms with Crippen LogP contribution >= 0.6 is 0 Å². The molecule has 0 aliphatic carbocycles. The highest BCUT2D eigenvalue weighted by molar-refractivity contribution is 5.96. The Kier molecular flexibility index (Phi) is 3.14. The molecule has 20 heavy (non-hydrogen) atoms. The molecule has 6 heteroatoms. The first-order valence-electron chi connectivity index (χ1n) is 6.51. The highest BCUT2D eigenvalue weighted by Crippen LogP contribution is 2.21. The summed E-state index contributed by atoms with van der Waals surface area (Å²) in [5.74, 6) is 2.29. The quantitative estimate of drug-likeness (QED) is 0.825. The third-order valence-electron chi connectivity index (χ3n) is 3.56. The average molecular weight is 272 g/mol. The van der Waals surface area contributed by atoms with Gasteiger partial charge in [-0.1, -0.05) is 12.1 Å². The number of carbonyl (C=O) groups is 1. The van der Waals surface area contributed by atoms with E-state index in [0.29, 0.717) is 24.4 Å². The highest BCUT2D eigenvalue weighted by Gasteiger charge is 2.25. The molecule has 0 saturated heterocycles. The number of benzene rings is 1. The molecule has 0 spiro atoms. The summed E-state index contributed by atoms with van der Waals surface area (Å²) in [4.78, 5) is 14.4. The number of amides is 1. The average Bonchev–Trinajstić information content (AvgIpc) is 2.87. The van der Waals surface area contributed by atoms with Crippen molar-refractivity contribution in [2.75, 3.05) is 13.7 Å². The van der Waals surface area contributed by atoms with Gasteiger partial charge in [-0.25, -0.2) is 0 Å². The number of aromatic nitrogens is 3. The molecule has 6 nitrogen and oxygen atoms in total. The van der Waals surface area contributed by atoms with Crippen LogP contribution < -0.4 is 4.74 Å². The van der Waals surface area contributed by atoms with Gasteiger partial charge < -0.3 is 14.2 Å². The van der Waals surface area contributed by atoms with Crippen molar-refractivity contribution < 1.29 is 9.53 Å². The highest BCUT2D eigenvalue weighted by atomic mass is 16.5. The summed E-state index contributed by atoms with van der Waals surface area (Å²) in [6.07, 6.45) is 0. The predicted molar refractivity (Wildman–Crippen MR) is 72.5 cm³/mol. The van der Waals surface area contributed by atoms with Crippen LogP contribution in [0.2, 0.25) is 0 Å². The zero-order valence-corrected chi connectivity index (χ0v) is 11.5. The van der Waals surface area contributed by atoms with E-state index < -0.39 is 0 Å². The van der Waals surface area contributed by atoms with Crippen LogP contribution in [0, 0.1) is 6.92 Å². The van der Waals surface area contributed by atoms with Crippen molar-refractivity contribution in [3.05, 3.63) is 41.5 Å². The van der Waals surface area contributed by atoms with Crippen molar-refractivity contribution in [3.63, 3.8) is 0 Å². The molecular formula is C14H16N4O2. The van der Waals surface area contributed by atoms with Gasteiger partial charge in [0.05, 0.1) is 19.2 Å². The summed E-state index contributed by atoms with van der Waals surface area (Å²) < 4.78 is 7.30. The third-order valence-corrected chi connectivity index (χ3v) is 3.56. The Labute approximate surface area is 117 Å². The molecule has 2 heterocycles. The largest absolute Gasteiger partial charge is 0.496 e. The minimum absolute atomic E-state index is 0.0330. The molecular weight excluding hydrogens is 256 g/mol. The van der Waals surface area contributed by atoms with Gasteiger partial charge in [-0.15, -0.1) is 10.2 Å². The van der Waals surface area contributed by atoms with E-state index in [0.717, 1.165) is 18.2 Å². The number of methoxy groups -OCH3 is 1. The minimum Gasteiger partial charge on any atom is -0.496 e. The first kappa shape index (κ1) is 12.7. The zero-order chi connectivity index (χ0) is 14.1. The maximum Gasteiger partial charge on any atom is 0.258 e. The van der Waals surface area contributed by atoms with Crippen LogP contribution in [-0.4, -0.2) is 39.2 Å². The lowest BCUT2D eigenvalue weighted by atomic mass is 10.1. The molecule has 0 fully saturated rings. The number of fused-ring (bicyclic) bond motifs is 1. The Morgan fingerprint density at radius 1 is 1.25 bits per heavy atom. The number of rotatable bonds is 2. The van der Waals surface area contributed by atoms with Gasteiger partial charge in [0, 0.05) is 13.1 Å². The second-order valence-corrected chi connectivity index (χ2v) is 4.74. The lowest BCUT2D eigenvalue weighted by molar-refractivity contribution is 0.0703. The smallest absolute Gasteiger partial charge is 0.258 e. The van der Waals surface area contributed by atoms with E-state index in [1.54, 1.807) is 24.1 Å². The number of nitrogens with zero attached hydrogens (tertiary/aromatic N) is 4. The molecule has 104 valence electrons. The van der Waals surface area contributed by atoms with Crippen molar-refractivity contribution >= 4 is 5.91 Å². The number of ether oxygens (including phenoxy) is 1. The summed E-state index contributed by atoms with van der Waals surface area (Å²) in [7, 11) is 1.57. The molecule has 1 aliphatic heterocycles. The van der Waals surface area contributed by atoms with E-state index in [1.807, 2.05) is 23.6 Å². The van der Waals surface area contributed by atoms with Crippen LogP contribution in [0.5, 0.6) is 5.75 Å². The molecule has 1 aromatic carbocycles. The first-order chi connectivity index (χ1) is 9.70. The second kappa shape index (κ2) is 4.96. The number of hydrogen-bond acceptors (Lipinski definition) is 4. The zero-order valence-electron chi connectivity index (χ0n) is 11.5. The SMILES string of the molecule is COc1ccccc1C(=O)N1CCn2c(C)nnc2C1. The van der Waals surface area contributed by atoms with E-state index in [-0.39, 0.29) is 5.91 Å². The number of hydrogen-bond donors (Lipinski definition) is 0. The summed E-state index contributed by atoms with van der Waals surface area (Å²) in [5, 5.41) is 8.16. The van der Waals surface area contributed by atoms with Crippen LogP contribution in [0.15, 0.2) is 24.3 Å². The van der Waals surface area contributed by atoms with E-state index in [2.05, 4.69) is 10.2 Å². The third kappa shape index (κ3) is 2.03. The van der Waals surface area contributed by atoms with Crippen LogP contribution in [0.25, 0.3) is 0 Å². The molecule has 0 unspecified atom stereocenters. The van der Waals surface area contributed by atoms with Crippen LogP contribution in [0.3, 0.4) is 0 Å². The second-order valence-electron chi connectivity index (χ2n) is 4.74. The first-order valence-corrected chi connectivity index (χ1v) is 6.51. The van der Waals surface area contributed by atoms with Gasteiger partial charge in [-0.05, 0) is 19.1 Å². The van der Waals surface area contributed by atoms with E-state index >= 15 is 0 Å². The van der Waals surface area contributed by atoms with E-state index in [4.69, 9.17) is 4.74 Å². The Balaban J connectivity index is 1.86. The van der Waals surface area contributed by atoms with Gasteiger partial charge in [0.15, 0.2) is 5.82 Å². The van der Waals surface area contributed by atoms with Crippen LogP contribution in [0.1, 0.15) is 22.0 Å². The fraction of sp³-hybridized carbons (Fsp3) is 0.357. The standard InChI is InChI=1S/C14H16N4O2/c1-10-15-16-13-9-17(7-8-18(10)13)14(19)11-5-3-4-6-12(11)20-2/h3-6H,7-9H2,1-2H3. The molecule has 0 N–H and O–H groups in total. The summed E-state index contributed by atoms with van der Waals surface area (Å²) in [5.41, 5.74) is 0.583. The van der Waals surface area contributed by atoms with Crippen LogP contribution in [0.4, 0.5) is 0 Å². The molecule has 1 aromatic heterocycles. The molecule has 0 atom stereocenters.